The van der Waals surface area contributed by atoms with Crippen LogP contribution in [0.15, 0.2) is 24.3 Å². The largest absolute Gasteiger partial charge is 0.508 e. The summed E-state index contributed by atoms with van der Waals surface area (Å²) >= 11 is 0. The van der Waals surface area contributed by atoms with Crippen molar-refractivity contribution in [2.45, 2.75) is 19.4 Å². The minimum absolute atomic E-state index is 0. The average molecular weight is 285 g/mol. The molecule has 0 unspecified atom stereocenters. The summed E-state index contributed by atoms with van der Waals surface area (Å²) in [6.07, 6.45) is 0.476. The zero-order valence-electron chi connectivity index (χ0n) is 9.81. The number of Topliss-reactive ketones (excluding diaryl/α,β-unsaturated/α-hetero) is 1. The Hall–Kier alpha value is -0.246. The van der Waals surface area contributed by atoms with Crippen molar-refractivity contribution in [1.29, 1.82) is 0 Å². The van der Waals surface area contributed by atoms with Crippen LogP contribution in [0, 0.1) is 7.40 Å². The van der Waals surface area contributed by atoms with E-state index < -0.39 is 6.04 Å². The number of rotatable bonds is 3. The number of phenolic OH excluding ortho intramolecular Hbond substituents is 1. The Morgan fingerprint density at radius 3 is 2.73 bits per heavy atom. The van der Waals surface area contributed by atoms with E-state index in [0.717, 1.165) is 5.56 Å². The second-order valence-corrected chi connectivity index (χ2v) is 3.09. The summed E-state index contributed by atoms with van der Waals surface area (Å²) in [6, 6.07) is 6.30. The van der Waals surface area contributed by atoms with Crippen LogP contribution in [0.5, 0.6) is 5.75 Å². The van der Waals surface area contributed by atoms with Crippen molar-refractivity contribution in [2.24, 2.45) is 5.73 Å². The van der Waals surface area contributed by atoms with Gasteiger partial charge >= 0.3 is 0 Å². The van der Waals surface area contributed by atoms with Gasteiger partial charge in [-0.3, -0.25) is 4.79 Å². The third-order valence-corrected chi connectivity index (χ3v) is 1.89. The molecule has 0 amide bonds. The molecule has 81 valence electrons. The summed E-state index contributed by atoms with van der Waals surface area (Å²) < 4.78 is 5.50. The van der Waals surface area contributed by atoms with Crippen LogP contribution in [0.3, 0.4) is 0 Å². The molecule has 0 bridgehead atoms. The fraction of sp³-hybridized carbons (Fsp3) is 0.273. The van der Waals surface area contributed by atoms with Crippen LogP contribution >= 0.6 is 0 Å². The van der Waals surface area contributed by atoms with Crippen LogP contribution in [0.2, 0.25) is 0 Å². The molecule has 1 rings (SSSR count). The minimum Gasteiger partial charge on any atom is -0.508 e. The van der Waals surface area contributed by atoms with Gasteiger partial charge in [0.1, 0.15) is 11.5 Å². The van der Waals surface area contributed by atoms with Gasteiger partial charge in [0.2, 0.25) is 0 Å². The average Bonchev–Trinajstić information content (AvgIpc) is 2.20. The predicted octanol–water partition coefficient (Wildman–Crippen LogP) is 1.30. The fourth-order valence-electron chi connectivity index (χ4n) is 1.08. The molecule has 1 atom stereocenters. The quantitative estimate of drug-likeness (QED) is 0.823. The molecule has 15 heavy (non-hydrogen) atoms. The van der Waals surface area contributed by atoms with Crippen molar-refractivity contribution >= 4 is 5.78 Å². The number of benzene rings is 1. The second kappa shape index (κ2) is 7.97. The van der Waals surface area contributed by atoms with Crippen LogP contribution in [0.4, 0.5) is 0 Å². The maximum absolute atomic E-state index is 10.8. The number of ketones is 1. The van der Waals surface area contributed by atoms with Gasteiger partial charge in [0.15, 0.2) is 0 Å². The molecule has 0 heterocycles. The Morgan fingerprint density at radius 1 is 1.67 bits per heavy atom. The van der Waals surface area contributed by atoms with Crippen LogP contribution in [-0.2, 0) is 43.9 Å². The Morgan fingerprint density at radius 2 is 2.27 bits per heavy atom. The molecule has 0 fully saturated rings. The number of phenols is 1. The molecule has 0 aliphatic carbocycles. The van der Waals surface area contributed by atoms with Gasteiger partial charge < -0.3 is 18.2 Å². The molecule has 0 saturated heterocycles. The second-order valence-electron chi connectivity index (χ2n) is 3.09. The number of carbonyl (C=O) groups is 1. The topological polar surface area (TPSA) is 63.3 Å². The van der Waals surface area contributed by atoms with Gasteiger partial charge in [-0.1, -0.05) is 12.1 Å². The zero-order chi connectivity index (χ0) is 11.8. The van der Waals surface area contributed by atoms with Gasteiger partial charge in [0.25, 0.3) is 0 Å². The normalized spacial score (nSPS) is 11.3. The van der Waals surface area contributed by atoms with Crippen molar-refractivity contribution in [3.8, 4) is 5.75 Å². The van der Waals surface area contributed by atoms with Crippen molar-refractivity contribution in [1.82, 2.24) is 0 Å². The van der Waals surface area contributed by atoms with Gasteiger partial charge in [-0.25, -0.2) is 1.37 Å². The van der Waals surface area contributed by atoms with E-state index >= 15 is 0 Å². The molecule has 1 radical (unpaired) electrons. The number of aromatic hydroxyl groups is 1. The summed E-state index contributed by atoms with van der Waals surface area (Å²) in [7, 11) is 2.50. The first-order valence-electron chi connectivity index (χ1n) is 4.84. The molecule has 0 aliphatic heterocycles. The summed E-state index contributed by atoms with van der Waals surface area (Å²) in [5.41, 5.74) is 6.44. The first kappa shape index (κ1) is 14.8. The molecule has 3 nitrogen and oxygen atoms in total. The van der Waals surface area contributed by atoms with Crippen molar-refractivity contribution in [2.75, 3.05) is 0 Å². The van der Waals surface area contributed by atoms with Gasteiger partial charge in [-0.2, -0.15) is 0 Å². The van der Waals surface area contributed by atoms with Crippen LogP contribution in [-0.4, -0.2) is 16.9 Å². The number of hydrogen-bond acceptors (Lipinski definition) is 3. The van der Waals surface area contributed by atoms with E-state index in [1.165, 1.54) is 6.92 Å². The number of hydrogen-bond donors (Lipinski definition) is 2. The Kier molecular flexibility index (Phi) is 7.84. The monoisotopic (exact) mass is 285 g/mol. The fourth-order valence-corrected chi connectivity index (χ4v) is 1.08. The molecule has 1 aromatic carbocycles. The van der Waals surface area contributed by atoms with E-state index in [1.54, 1.807) is 18.2 Å². The van der Waals surface area contributed by atoms with Gasteiger partial charge in [0.05, 0.1) is 6.04 Å². The van der Waals surface area contributed by atoms with Gasteiger partial charge in [-0.05, 0) is 31.0 Å². The number of nitrogens with two attached hydrogens (primary N) is 1. The smallest absolute Gasteiger partial charge is 0.146 e. The third-order valence-electron chi connectivity index (χ3n) is 1.89. The van der Waals surface area contributed by atoms with E-state index in [-0.39, 0.29) is 44.2 Å². The van der Waals surface area contributed by atoms with Crippen LogP contribution in [0.1, 0.15) is 13.9 Å². The van der Waals surface area contributed by atoms with Crippen molar-refractivity contribution in [3.05, 3.63) is 37.2 Å². The summed E-state index contributed by atoms with van der Waals surface area (Å²) in [6.45, 7) is 1.47. The summed E-state index contributed by atoms with van der Waals surface area (Å²) in [4.78, 5) is 10.8. The molecule has 1 aromatic rings. The molecule has 4 heteroatoms. The van der Waals surface area contributed by atoms with Crippen LogP contribution in [0.25, 0.3) is 0 Å². The van der Waals surface area contributed by atoms with E-state index in [0.29, 0.717) is 6.42 Å². The summed E-state index contributed by atoms with van der Waals surface area (Å²) in [5.74, 6) is 0.164. The van der Waals surface area contributed by atoms with Crippen molar-refractivity contribution in [3.63, 3.8) is 0 Å². The van der Waals surface area contributed by atoms with E-state index in [9.17, 15) is 4.79 Å². The SMILES string of the molecule is CC(=O)[C@@H](N)Cc1cccc(O)c1.[3H][CH2-].[Y]. The Balaban J connectivity index is 0. The molecule has 0 aromatic heterocycles. The minimum atomic E-state index is -0.471. The zero-order valence-corrected chi connectivity index (χ0v) is 11.6. The molecular formula is C11H16NO2Y-. The predicted molar refractivity (Wildman–Crippen MR) is 56.9 cm³/mol. The Bertz CT molecular complexity index is 321. The molecule has 0 saturated carbocycles. The van der Waals surface area contributed by atoms with Gasteiger partial charge in [0, 0.05) is 32.7 Å². The number of carbonyl (C=O) groups excluding carboxylic acids is 1. The molecule has 0 spiro atoms. The molecular weight excluding hydrogens is 267 g/mol. The third kappa shape index (κ3) is 6.03. The van der Waals surface area contributed by atoms with E-state index in [4.69, 9.17) is 12.2 Å². The maximum atomic E-state index is 10.8. The standard InChI is InChI=1S/C10H13NO2.CH3.Y/c1-7(12)10(11)6-8-3-2-4-9(13)5-8;;/h2-5,10,13H,6,11H2,1H3;1H3;/q;-1;/t10-;;/m0../s1/i;1T;. The van der Waals surface area contributed by atoms with E-state index in [1.807, 2.05) is 6.07 Å². The summed E-state index contributed by atoms with van der Waals surface area (Å²) in [5, 5.41) is 9.14. The molecule has 3 N–H and O–H groups in total. The first-order chi connectivity index (χ1) is 7.09. The maximum Gasteiger partial charge on any atom is 0.146 e. The van der Waals surface area contributed by atoms with E-state index in [2.05, 4.69) is 7.40 Å². The van der Waals surface area contributed by atoms with Crippen molar-refractivity contribution < 1.29 is 44.0 Å². The van der Waals surface area contributed by atoms with Crippen LogP contribution < -0.4 is 5.73 Å². The molecule has 0 aliphatic rings. The van der Waals surface area contributed by atoms with Gasteiger partial charge in [-0.15, -0.1) is 0 Å². The first-order valence-corrected chi connectivity index (χ1v) is 4.13. The Labute approximate surface area is 117 Å².